The highest BCUT2D eigenvalue weighted by Crippen LogP contribution is 2.30. The third-order valence-corrected chi connectivity index (χ3v) is 4.87. The van der Waals surface area contributed by atoms with Crippen molar-refractivity contribution < 1.29 is 4.74 Å². The third-order valence-electron chi connectivity index (χ3n) is 4.87. The van der Waals surface area contributed by atoms with Crippen molar-refractivity contribution in [1.82, 2.24) is 20.0 Å². The van der Waals surface area contributed by atoms with E-state index in [1.54, 1.807) is 0 Å². The number of nitrogens with zero attached hydrogens (tertiary/aromatic N) is 3. The van der Waals surface area contributed by atoms with Gasteiger partial charge in [0.25, 0.3) is 0 Å². The molecular formula is C19H18N4O. The van der Waals surface area contributed by atoms with Crippen molar-refractivity contribution >= 4 is 21.9 Å². The number of aromatic amines is 1. The lowest BCUT2D eigenvalue weighted by molar-refractivity contribution is 0.181. The van der Waals surface area contributed by atoms with E-state index in [9.17, 15) is 0 Å². The van der Waals surface area contributed by atoms with Crippen LogP contribution in [0.15, 0.2) is 48.7 Å². The molecule has 0 spiro atoms. The summed E-state index contributed by atoms with van der Waals surface area (Å²) in [6.45, 7) is 2.55. The van der Waals surface area contributed by atoms with Crippen molar-refractivity contribution in [3.05, 3.63) is 48.7 Å². The Morgan fingerprint density at radius 2 is 2.17 bits per heavy atom. The van der Waals surface area contributed by atoms with Crippen molar-refractivity contribution in [3.63, 3.8) is 0 Å². The lowest BCUT2D eigenvalue weighted by Gasteiger charge is -2.08. The lowest BCUT2D eigenvalue weighted by atomic mass is 10.0. The molecule has 5 heteroatoms. The number of rotatable bonds is 3. The first-order valence-corrected chi connectivity index (χ1v) is 8.36. The van der Waals surface area contributed by atoms with Crippen LogP contribution in [0.1, 0.15) is 6.42 Å². The predicted molar refractivity (Wildman–Crippen MR) is 93.7 cm³/mol. The van der Waals surface area contributed by atoms with Gasteiger partial charge in [0.05, 0.1) is 12.1 Å². The quantitative estimate of drug-likeness (QED) is 0.628. The van der Waals surface area contributed by atoms with Crippen LogP contribution in [0.3, 0.4) is 0 Å². The largest absolute Gasteiger partial charge is 0.381 e. The SMILES string of the molecule is c1ccc2c(-c3ccc4nnn(CC5CCOC5)c4c3)c[nH]c2c1. The van der Waals surface area contributed by atoms with Crippen molar-refractivity contribution in [2.75, 3.05) is 13.2 Å². The molecule has 1 fully saturated rings. The van der Waals surface area contributed by atoms with E-state index >= 15 is 0 Å². The Hall–Kier alpha value is -2.66. The van der Waals surface area contributed by atoms with E-state index in [1.165, 1.54) is 16.5 Å². The van der Waals surface area contributed by atoms with Gasteiger partial charge in [0.2, 0.25) is 0 Å². The minimum Gasteiger partial charge on any atom is -0.381 e. The zero-order valence-corrected chi connectivity index (χ0v) is 13.3. The highest BCUT2D eigenvalue weighted by atomic mass is 16.5. The lowest BCUT2D eigenvalue weighted by Crippen LogP contribution is -2.11. The Morgan fingerprint density at radius 3 is 3.08 bits per heavy atom. The topological polar surface area (TPSA) is 55.7 Å². The summed E-state index contributed by atoms with van der Waals surface area (Å²) in [7, 11) is 0. The molecule has 4 aromatic rings. The second-order valence-corrected chi connectivity index (χ2v) is 6.45. The summed E-state index contributed by atoms with van der Waals surface area (Å²) in [5.41, 5.74) is 5.58. The van der Waals surface area contributed by atoms with Gasteiger partial charge in [0.1, 0.15) is 5.52 Å². The molecule has 5 nitrogen and oxygen atoms in total. The molecule has 0 bridgehead atoms. The Balaban J connectivity index is 1.59. The summed E-state index contributed by atoms with van der Waals surface area (Å²) in [5, 5.41) is 9.89. The summed E-state index contributed by atoms with van der Waals surface area (Å²) in [5.74, 6) is 0.534. The Morgan fingerprint density at radius 1 is 1.21 bits per heavy atom. The first-order chi connectivity index (χ1) is 11.9. The monoisotopic (exact) mass is 318 g/mol. The molecule has 120 valence electrons. The summed E-state index contributed by atoms with van der Waals surface area (Å²) >= 11 is 0. The number of ether oxygens (including phenoxy) is 1. The highest BCUT2D eigenvalue weighted by Gasteiger charge is 2.18. The maximum atomic E-state index is 5.48. The zero-order chi connectivity index (χ0) is 15.9. The summed E-state index contributed by atoms with van der Waals surface area (Å²) in [4.78, 5) is 3.35. The molecule has 1 N–H and O–H groups in total. The van der Waals surface area contributed by atoms with Crippen molar-refractivity contribution in [2.45, 2.75) is 13.0 Å². The molecule has 2 aromatic heterocycles. The zero-order valence-electron chi connectivity index (χ0n) is 13.3. The van der Waals surface area contributed by atoms with Gasteiger partial charge in [-0.2, -0.15) is 0 Å². The summed E-state index contributed by atoms with van der Waals surface area (Å²) < 4.78 is 7.50. The highest BCUT2D eigenvalue weighted by molar-refractivity contribution is 5.97. The molecule has 0 aliphatic carbocycles. The second kappa shape index (κ2) is 5.46. The smallest absolute Gasteiger partial charge is 0.113 e. The van der Waals surface area contributed by atoms with E-state index < -0.39 is 0 Å². The van der Waals surface area contributed by atoms with Gasteiger partial charge < -0.3 is 9.72 Å². The summed E-state index contributed by atoms with van der Waals surface area (Å²) in [6.07, 6.45) is 3.17. The first-order valence-electron chi connectivity index (χ1n) is 8.36. The minimum atomic E-state index is 0.534. The standard InChI is InChI=1S/C19H18N4O/c1-2-4-17-15(3-1)16(10-20-17)14-5-6-18-19(9-14)23(22-21-18)11-13-7-8-24-12-13/h1-6,9-10,13,20H,7-8,11-12H2. The molecule has 1 aliphatic rings. The normalized spacial score (nSPS) is 17.9. The predicted octanol–water partition coefficient (Wildman–Crippen LogP) is 3.62. The van der Waals surface area contributed by atoms with E-state index in [2.05, 4.69) is 64.0 Å². The number of nitrogens with one attached hydrogen (secondary N) is 1. The minimum absolute atomic E-state index is 0.534. The molecule has 1 aliphatic heterocycles. The van der Waals surface area contributed by atoms with Crippen molar-refractivity contribution in [3.8, 4) is 11.1 Å². The van der Waals surface area contributed by atoms with Gasteiger partial charge in [0.15, 0.2) is 0 Å². The number of fused-ring (bicyclic) bond motifs is 2. The van der Waals surface area contributed by atoms with Gasteiger partial charge in [-0.3, -0.25) is 0 Å². The van der Waals surface area contributed by atoms with Gasteiger partial charge in [-0.05, 0) is 30.2 Å². The van der Waals surface area contributed by atoms with Crippen molar-refractivity contribution in [1.29, 1.82) is 0 Å². The molecular weight excluding hydrogens is 300 g/mol. The van der Waals surface area contributed by atoms with Crippen LogP contribution in [0.4, 0.5) is 0 Å². The van der Waals surface area contributed by atoms with Crippen LogP contribution < -0.4 is 0 Å². The summed E-state index contributed by atoms with van der Waals surface area (Å²) in [6, 6.07) is 14.7. The van der Waals surface area contributed by atoms with Gasteiger partial charge >= 0.3 is 0 Å². The van der Waals surface area contributed by atoms with Gasteiger partial charge in [-0.15, -0.1) is 5.10 Å². The van der Waals surface area contributed by atoms with Gasteiger partial charge in [0, 0.05) is 41.7 Å². The van der Waals surface area contributed by atoms with Gasteiger partial charge in [-0.1, -0.05) is 29.5 Å². The van der Waals surface area contributed by atoms with Crippen LogP contribution in [0.25, 0.3) is 33.1 Å². The number of H-pyrrole nitrogens is 1. The number of para-hydroxylation sites is 1. The Bertz CT molecular complexity index is 1010. The fourth-order valence-electron chi connectivity index (χ4n) is 3.55. The third kappa shape index (κ3) is 2.20. The number of benzene rings is 2. The van der Waals surface area contributed by atoms with Gasteiger partial charge in [-0.25, -0.2) is 4.68 Å². The van der Waals surface area contributed by atoms with Crippen LogP contribution >= 0.6 is 0 Å². The fraction of sp³-hybridized carbons (Fsp3) is 0.263. The fourth-order valence-corrected chi connectivity index (χ4v) is 3.55. The van der Waals surface area contributed by atoms with Crippen LogP contribution in [-0.2, 0) is 11.3 Å². The molecule has 2 aromatic carbocycles. The average Bonchev–Trinajstić information content (AvgIpc) is 3.35. The van der Waals surface area contributed by atoms with E-state index in [1.807, 2.05) is 4.68 Å². The molecule has 24 heavy (non-hydrogen) atoms. The second-order valence-electron chi connectivity index (χ2n) is 6.45. The number of aromatic nitrogens is 4. The Kier molecular flexibility index (Phi) is 3.13. The molecule has 0 radical (unpaired) electrons. The van der Waals surface area contributed by atoms with Crippen LogP contribution in [0, 0.1) is 5.92 Å². The first kappa shape index (κ1) is 13.7. The molecule has 5 rings (SSSR count). The average molecular weight is 318 g/mol. The Labute approximate surface area is 139 Å². The maximum absolute atomic E-state index is 5.48. The van der Waals surface area contributed by atoms with Crippen LogP contribution in [0.5, 0.6) is 0 Å². The van der Waals surface area contributed by atoms with E-state index in [-0.39, 0.29) is 0 Å². The van der Waals surface area contributed by atoms with E-state index in [4.69, 9.17) is 4.74 Å². The molecule has 0 amide bonds. The van der Waals surface area contributed by atoms with E-state index in [0.717, 1.165) is 42.7 Å². The van der Waals surface area contributed by atoms with E-state index in [0.29, 0.717) is 5.92 Å². The molecule has 0 saturated carbocycles. The van der Waals surface area contributed by atoms with Crippen LogP contribution in [-0.4, -0.2) is 33.2 Å². The molecule has 1 atom stereocenters. The molecule has 1 unspecified atom stereocenters. The van der Waals surface area contributed by atoms with Crippen molar-refractivity contribution in [2.24, 2.45) is 5.92 Å². The molecule has 3 heterocycles. The van der Waals surface area contributed by atoms with Crippen LogP contribution in [0.2, 0.25) is 0 Å². The number of hydrogen-bond donors (Lipinski definition) is 1. The maximum Gasteiger partial charge on any atom is 0.113 e. The number of hydrogen-bond acceptors (Lipinski definition) is 3. The molecule has 1 saturated heterocycles.